The molecule has 0 aliphatic heterocycles. The van der Waals surface area contributed by atoms with Crippen LogP contribution in [0.4, 0.5) is 0 Å². The van der Waals surface area contributed by atoms with Gasteiger partial charge in [0, 0.05) is 16.2 Å². The molecule has 1 heterocycles. The molecule has 164 valence electrons. The molecule has 7 heteroatoms. The fraction of sp³-hybridized carbons (Fsp3) is 0.375. The van der Waals surface area contributed by atoms with Crippen LogP contribution in [0.3, 0.4) is 0 Å². The van der Waals surface area contributed by atoms with E-state index in [2.05, 4.69) is 46.7 Å². The second-order valence-electron chi connectivity index (χ2n) is 8.83. The highest BCUT2D eigenvalue weighted by Crippen LogP contribution is 2.31. The van der Waals surface area contributed by atoms with Crippen molar-refractivity contribution < 1.29 is 4.79 Å². The normalized spacial score (nSPS) is 12.6. The Morgan fingerprint density at radius 3 is 2.58 bits per heavy atom. The van der Waals surface area contributed by atoms with Crippen molar-refractivity contribution in [2.75, 3.05) is 0 Å². The Labute approximate surface area is 193 Å². The van der Waals surface area contributed by atoms with Crippen LogP contribution in [0.15, 0.2) is 47.6 Å². The third-order valence-electron chi connectivity index (χ3n) is 4.94. The molecule has 31 heavy (non-hydrogen) atoms. The maximum absolute atomic E-state index is 12.6. The lowest BCUT2D eigenvalue weighted by Crippen LogP contribution is -2.37. The highest BCUT2D eigenvalue weighted by atomic mass is 35.5. The molecule has 1 amide bonds. The SMILES string of the molecule is Cc1cccc(CSc2nnc(C(C)NC(=O)C(C)(C)C)n2-c2cc(Cl)ccc2C)c1. The average Bonchev–Trinajstić information content (AvgIpc) is 3.11. The molecule has 5 nitrogen and oxygen atoms in total. The third kappa shape index (κ3) is 5.69. The Morgan fingerprint density at radius 2 is 1.90 bits per heavy atom. The molecule has 1 aromatic heterocycles. The van der Waals surface area contributed by atoms with Gasteiger partial charge in [0.15, 0.2) is 11.0 Å². The predicted octanol–water partition coefficient (Wildman–Crippen LogP) is 6.05. The molecule has 0 saturated heterocycles. The van der Waals surface area contributed by atoms with Crippen LogP contribution in [0, 0.1) is 19.3 Å². The second-order valence-corrected chi connectivity index (χ2v) is 10.2. The molecule has 0 saturated carbocycles. The summed E-state index contributed by atoms with van der Waals surface area (Å²) in [6.07, 6.45) is 0. The number of aromatic nitrogens is 3. The Morgan fingerprint density at radius 1 is 1.16 bits per heavy atom. The first kappa shape index (κ1) is 23.4. The van der Waals surface area contributed by atoms with Crippen LogP contribution in [0.25, 0.3) is 5.69 Å². The summed E-state index contributed by atoms with van der Waals surface area (Å²) in [6, 6.07) is 13.9. The van der Waals surface area contributed by atoms with E-state index in [0.29, 0.717) is 10.8 Å². The number of amides is 1. The van der Waals surface area contributed by atoms with Crippen LogP contribution in [-0.2, 0) is 10.5 Å². The van der Waals surface area contributed by atoms with Gasteiger partial charge in [0.2, 0.25) is 5.91 Å². The zero-order valence-electron chi connectivity index (χ0n) is 18.9. The van der Waals surface area contributed by atoms with Crippen LogP contribution in [0.2, 0.25) is 5.02 Å². The van der Waals surface area contributed by atoms with E-state index in [9.17, 15) is 4.79 Å². The topological polar surface area (TPSA) is 59.8 Å². The first-order chi connectivity index (χ1) is 14.6. The van der Waals surface area contributed by atoms with E-state index < -0.39 is 5.41 Å². The molecule has 0 aliphatic carbocycles. The molecule has 1 atom stereocenters. The van der Waals surface area contributed by atoms with Gasteiger partial charge in [0.25, 0.3) is 0 Å². The lowest BCUT2D eigenvalue weighted by atomic mass is 9.95. The Kier molecular flexibility index (Phi) is 7.12. The monoisotopic (exact) mass is 456 g/mol. The highest BCUT2D eigenvalue weighted by molar-refractivity contribution is 7.98. The number of thioether (sulfide) groups is 1. The molecule has 1 unspecified atom stereocenters. The Bertz CT molecular complexity index is 1090. The molecule has 0 radical (unpaired) electrons. The van der Waals surface area contributed by atoms with Gasteiger partial charge in [0.1, 0.15) is 0 Å². The molecular weight excluding hydrogens is 428 g/mol. The number of carbonyl (C=O) groups is 1. The van der Waals surface area contributed by atoms with E-state index in [1.165, 1.54) is 11.1 Å². The zero-order chi connectivity index (χ0) is 22.8. The Balaban J connectivity index is 1.99. The molecule has 2 aromatic carbocycles. The van der Waals surface area contributed by atoms with Crippen molar-refractivity contribution in [1.29, 1.82) is 0 Å². The van der Waals surface area contributed by atoms with Gasteiger partial charge in [-0.1, -0.05) is 80.0 Å². The van der Waals surface area contributed by atoms with E-state index in [4.69, 9.17) is 11.6 Å². The van der Waals surface area contributed by atoms with Gasteiger partial charge < -0.3 is 5.32 Å². The lowest BCUT2D eigenvalue weighted by molar-refractivity contribution is -0.129. The van der Waals surface area contributed by atoms with E-state index in [1.807, 2.05) is 57.4 Å². The van der Waals surface area contributed by atoms with Gasteiger partial charge in [-0.2, -0.15) is 0 Å². The largest absolute Gasteiger partial charge is 0.346 e. The molecule has 3 rings (SSSR count). The summed E-state index contributed by atoms with van der Waals surface area (Å²) >= 11 is 7.94. The fourth-order valence-corrected chi connectivity index (χ4v) is 4.19. The summed E-state index contributed by atoms with van der Waals surface area (Å²) in [5, 5.41) is 13.4. The van der Waals surface area contributed by atoms with E-state index in [0.717, 1.165) is 22.2 Å². The van der Waals surface area contributed by atoms with Crippen molar-refractivity contribution in [3.8, 4) is 5.69 Å². The zero-order valence-corrected chi connectivity index (χ0v) is 20.4. The van der Waals surface area contributed by atoms with Crippen molar-refractivity contribution in [2.45, 2.75) is 58.5 Å². The molecule has 0 spiro atoms. The number of nitrogens with one attached hydrogen (secondary N) is 1. The fourth-order valence-electron chi connectivity index (χ4n) is 3.13. The van der Waals surface area contributed by atoms with Crippen LogP contribution < -0.4 is 5.32 Å². The van der Waals surface area contributed by atoms with Crippen molar-refractivity contribution in [1.82, 2.24) is 20.1 Å². The number of aryl methyl sites for hydroxylation is 2. The minimum absolute atomic E-state index is 0.0358. The maximum atomic E-state index is 12.6. The number of hydrogen-bond acceptors (Lipinski definition) is 4. The van der Waals surface area contributed by atoms with Crippen molar-refractivity contribution in [3.63, 3.8) is 0 Å². The first-order valence-electron chi connectivity index (χ1n) is 10.3. The molecule has 1 N–H and O–H groups in total. The summed E-state index contributed by atoms with van der Waals surface area (Å²) in [7, 11) is 0. The smallest absolute Gasteiger partial charge is 0.225 e. The first-order valence-corrected chi connectivity index (χ1v) is 11.6. The summed E-state index contributed by atoms with van der Waals surface area (Å²) in [5.74, 6) is 1.41. The molecule has 3 aromatic rings. The van der Waals surface area contributed by atoms with Crippen LogP contribution in [0.1, 0.15) is 56.3 Å². The molecule has 0 aliphatic rings. The quantitative estimate of drug-likeness (QED) is 0.458. The third-order valence-corrected chi connectivity index (χ3v) is 6.17. The highest BCUT2D eigenvalue weighted by Gasteiger charge is 2.27. The average molecular weight is 457 g/mol. The van der Waals surface area contributed by atoms with Gasteiger partial charge in [-0.05, 0) is 44.0 Å². The van der Waals surface area contributed by atoms with Gasteiger partial charge in [-0.3, -0.25) is 9.36 Å². The van der Waals surface area contributed by atoms with E-state index in [-0.39, 0.29) is 11.9 Å². The molecule has 0 fully saturated rings. The molecular formula is C24H29ClN4OS. The molecule has 0 bridgehead atoms. The number of nitrogens with zero attached hydrogens (tertiary/aromatic N) is 3. The summed E-state index contributed by atoms with van der Waals surface area (Å²) < 4.78 is 2.01. The van der Waals surface area contributed by atoms with Crippen molar-refractivity contribution in [3.05, 3.63) is 70.0 Å². The predicted molar refractivity (Wildman–Crippen MR) is 128 cm³/mol. The maximum Gasteiger partial charge on any atom is 0.225 e. The van der Waals surface area contributed by atoms with Crippen LogP contribution in [0.5, 0.6) is 0 Å². The summed E-state index contributed by atoms with van der Waals surface area (Å²) in [5.41, 5.74) is 3.92. The van der Waals surface area contributed by atoms with E-state index in [1.54, 1.807) is 11.8 Å². The van der Waals surface area contributed by atoms with Crippen molar-refractivity contribution >= 4 is 29.3 Å². The summed E-state index contributed by atoms with van der Waals surface area (Å²) in [6.45, 7) is 11.7. The standard InChI is InChI=1S/C24H29ClN4OS/c1-15-8-7-9-18(12-15)14-31-23-28-27-21(17(3)26-22(30)24(4,5)6)29(23)20-13-19(25)11-10-16(20)2/h7-13,17H,14H2,1-6H3,(H,26,30). The second kappa shape index (κ2) is 9.45. The number of halogens is 1. The van der Waals surface area contributed by atoms with Crippen molar-refractivity contribution in [2.24, 2.45) is 5.41 Å². The van der Waals surface area contributed by atoms with Gasteiger partial charge in [-0.25, -0.2) is 0 Å². The minimum Gasteiger partial charge on any atom is -0.346 e. The van der Waals surface area contributed by atoms with Crippen LogP contribution >= 0.6 is 23.4 Å². The van der Waals surface area contributed by atoms with Gasteiger partial charge >= 0.3 is 0 Å². The number of carbonyl (C=O) groups excluding carboxylic acids is 1. The summed E-state index contributed by atoms with van der Waals surface area (Å²) in [4.78, 5) is 12.6. The van der Waals surface area contributed by atoms with Crippen LogP contribution in [-0.4, -0.2) is 20.7 Å². The number of rotatable bonds is 6. The van der Waals surface area contributed by atoms with E-state index >= 15 is 0 Å². The minimum atomic E-state index is -0.492. The van der Waals surface area contributed by atoms with Gasteiger partial charge in [0.05, 0.1) is 11.7 Å². The Hall–Kier alpha value is -2.31. The number of hydrogen-bond donors (Lipinski definition) is 1. The van der Waals surface area contributed by atoms with Gasteiger partial charge in [-0.15, -0.1) is 10.2 Å². The number of benzene rings is 2. The lowest BCUT2D eigenvalue weighted by Gasteiger charge is -2.22.